The van der Waals surface area contributed by atoms with Gasteiger partial charge in [0.2, 0.25) is 0 Å². The summed E-state index contributed by atoms with van der Waals surface area (Å²) < 4.78 is 0. The summed E-state index contributed by atoms with van der Waals surface area (Å²) in [5.74, 6) is 0.544. The van der Waals surface area contributed by atoms with Crippen LogP contribution >= 0.6 is 0 Å². The van der Waals surface area contributed by atoms with Gasteiger partial charge in [-0.3, -0.25) is 0 Å². The monoisotopic (exact) mass is 416 g/mol. The van der Waals surface area contributed by atoms with E-state index in [1.54, 1.807) is 24.3 Å². The molecule has 0 fully saturated rings. The number of aromatic hydroxyl groups is 2. The lowest BCUT2D eigenvalue weighted by Gasteiger charge is -2.09. The number of rotatable bonds is 2. The predicted molar refractivity (Wildman–Crippen MR) is 134 cm³/mol. The third kappa shape index (κ3) is 3.72. The molecule has 32 heavy (non-hydrogen) atoms. The molecule has 0 atom stereocenters. The first-order valence-corrected chi connectivity index (χ1v) is 10.7. The first-order chi connectivity index (χ1) is 15.5. The highest BCUT2D eigenvalue weighted by atomic mass is 16.3. The van der Waals surface area contributed by atoms with E-state index in [0.717, 1.165) is 22.3 Å². The topological polar surface area (TPSA) is 40.5 Å². The zero-order chi connectivity index (χ0) is 22.2. The van der Waals surface area contributed by atoms with E-state index in [0.29, 0.717) is 0 Å². The Bertz CT molecular complexity index is 1300. The van der Waals surface area contributed by atoms with Gasteiger partial charge in [0.15, 0.2) is 0 Å². The first kappa shape index (κ1) is 19.9. The lowest BCUT2D eigenvalue weighted by Crippen LogP contribution is -1.85. The maximum Gasteiger partial charge on any atom is 0.115 e. The minimum Gasteiger partial charge on any atom is -0.508 e. The molecular formula is C30H24O2. The second-order valence-electron chi connectivity index (χ2n) is 8.32. The van der Waals surface area contributed by atoms with Crippen molar-refractivity contribution in [1.82, 2.24) is 0 Å². The van der Waals surface area contributed by atoms with Crippen LogP contribution < -0.4 is 0 Å². The summed E-state index contributed by atoms with van der Waals surface area (Å²) in [7, 11) is 0. The number of benzene rings is 4. The average Bonchev–Trinajstić information content (AvgIpc) is 2.79. The van der Waals surface area contributed by atoms with E-state index in [1.165, 1.54) is 32.7 Å². The van der Waals surface area contributed by atoms with E-state index in [2.05, 4.69) is 62.4 Å². The third-order valence-corrected chi connectivity index (χ3v) is 6.26. The van der Waals surface area contributed by atoms with Gasteiger partial charge in [0.25, 0.3) is 0 Å². The maximum atomic E-state index is 9.65. The van der Waals surface area contributed by atoms with Crippen LogP contribution in [0.15, 0.2) is 97.1 Å². The Balaban J connectivity index is 1.76. The van der Waals surface area contributed by atoms with Gasteiger partial charge in [-0.25, -0.2) is 0 Å². The zero-order valence-corrected chi connectivity index (χ0v) is 18.1. The Morgan fingerprint density at radius 1 is 0.375 bits per heavy atom. The molecule has 5 aromatic rings. The van der Waals surface area contributed by atoms with Crippen molar-refractivity contribution in [2.75, 3.05) is 0 Å². The summed E-state index contributed by atoms with van der Waals surface area (Å²) in [5.41, 5.74) is 6.88. The number of phenols is 2. The SMILES string of the molecule is Cc1c2ccc3cc(-c4ccc(O)cc4)cc(ccc1cc(-c1ccc(O)cc1)c2)c3C. The van der Waals surface area contributed by atoms with Crippen LogP contribution in [0.4, 0.5) is 0 Å². The Labute approximate surface area is 187 Å². The smallest absolute Gasteiger partial charge is 0.115 e. The molecule has 0 aliphatic carbocycles. The molecule has 0 spiro atoms. The van der Waals surface area contributed by atoms with Crippen molar-refractivity contribution in [3.63, 3.8) is 0 Å². The molecular weight excluding hydrogens is 392 g/mol. The van der Waals surface area contributed by atoms with Crippen molar-refractivity contribution in [2.45, 2.75) is 13.8 Å². The number of fused-ring (bicyclic) bond motifs is 4. The number of aryl methyl sites for hydroxylation is 2. The highest BCUT2D eigenvalue weighted by Gasteiger charge is 2.06. The molecule has 2 N–H and O–H groups in total. The third-order valence-electron chi connectivity index (χ3n) is 6.26. The van der Waals surface area contributed by atoms with Crippen molar-refractivity contribution in [3.05, 3.63) is 108 Å². The molecule has 2 nitrogen and oxygen atoms in total. The fourth-order valence-electron chi connectivity index (χ4n) is 4.21. The van der Waals surface area contributed by atoms with Gasteiger partial charge < -0.3 is 10.2 Å². The summed E-state index contributed by atoms with van der Waals surface area (Å²) in [5, 5.41) is 24.0. The minimum absolute atomic E-state index is 0.272. The van der Waals surface area contributed by atoms with Gasteiger partial charge in [-0.05, 0) is 117 Å². The second kappa shape index (κ2) is 7.90. The quantitative estimate of drug-likeness (QED) is 0.307. The van der Waals surface area contributed by atoms with E-state index in [-0.39, 0.29) is 11.5 Å². The molecule has 0 aliphatic rings. The number of hydrogen-bond donors (Lipinski definition) is 2. The molecule has 0 saturated carbocycles. The largest absolute Gasteiger partial charge is 0.508 e. The molecule has 4 bridgehead atoms. The first-order valence-electron chi connectivity index (χ1n) is 10.7. The average molecular weight is 417 g/mol. The van der Waals surface area contributed by atoms with E-state index < -0.39 is 0 Å². The summed E-state index contributed by atoms with van der Waals surface area (Å²) in [6, 6.07) is 32.3. The van der Waals surface area contributed by atoms with Crippen LogP contribution in [-0.4, -0.2) is 10.2 Å². The van der Waals surface area contributed by atoms with Crippen molar-refractivity contribution in [1.29, 1.82) is 0 Å². The highest BCUT2D eigenvalue weighted by molar-refractivity contribution is 5.88. The van der Waals surface area contributed by atoms with Crippen molar-refractivity contribution in [3.8, 4) is 33.8 Å². The lowest BCUT2D eigenvalue weighted by atomic mass is 9.95. The van der Waals surface area contributed by atoms with Crippen LogP contribution in [0.1, 0.15) is 11.1 Å². The molecule has 0 heterocycles. The molecule has 156 valence electrons. The number of phenolic OH excluding ortho intramolecular Hbond substituents is 2. The fourth-order valence-corrected chi connectivity index (χ4v) is 4.21. The molecule has 0 aromatic heterocycles. The minimum atomic E-state index is 0.272. The lowest BCUT2D eigenvalue weighted by molar-refractivity contribution is 0.475. The van der Waals surface area contributed by atoms with Crippen molar-refractivity contribution in [2.24, 2.45) is 0 Å². The standard InChI is InChI=1S/C30H24O2/c1-19-23-3-5-25-17-28(22-9-13-30(32)14-10-22)18-26(20(25)2)6-4-24(19)16-27(15-23)21-7-11-29(31)12-8-21/h3-18,31-32H,1-2H3. The Morgan fingerprint density at radius 2 is 0.656 bits per heavy atom. The van der Waals surface area contributed by atoms with Gasteiger partial charge in [-0.1, -0.05) is 48.5 Å². The van der Waals surface area contributed by atoms with E-state index in [4.69, 9.17) is 0 Å². The molecule has 0 unspecified atom stereocenters. The summed E-state index contributed by atoms with van der Waals surface area (Å²) in [6.07, 6.45) is 0. The van der Waals surface area contributed by atoms with E-state index >= 15 is 0 Å². The summed E-state index contributed by atoms with van der Waals surface area (Å²) in [4.78, 5) is 0. The normalized spacial score (nSPS) is 11.1. The Kier molecular flexibility index (Phi) is 4.91. The van der Waals surface area contributed by atoms with Gasteiger partial charge in [0, 0.05) is 0 Å². The summed E-state index contributed by atoms with van der Waals surface area (Å²) in [6.45, 7) is 4.31. The molecule has 0 aliphatic heterocycles. The fraction of sp³-hybridized carbons (Fsp3) is 0.0667. The predicted octanol–water partition coefficient (Wildman–Crippen LogP) is 7.92. The van der Waals surface area contributed by atoms with Crippen LogP contribution in [0.2, 0.25) is 0 Å². The molecule has 0 saturated heterocycles. The molecule has 0 amide bonds. The molecule has 5 aromatic carbocycles. The van der Waals surface area contributed by atoms with Crippen molar-refractivity contribution < 1.29 is 10.2 Å². The van der Waals surface area contributed by atoms with Gasteiger partial charge in [0.1, 0.15) is 11.5 Å². The summed E-state index contributed by atoms with van der Waals surface area (Å²) >= 11 is 0. The van der Waals surface area contributed by atoms with E-state index in [9.17, 15) is 10.2 Å². The van der Waals surface area contributed by atoms with Crippen LogP contribution in [0.3, 0.4) is 0 Å². The van der Waals surface area contributed by atoms with Crippen LogP contribution in [-0.2, 0) is 0 Å². The second-order valence-corrected chi connectivity index (χ2v) is 8.32. The van der Waals surface area contributed by atoms with Crippen LogP contribution in [0.5, 0.6) is 11.5 Å². The van der Waals surface area contributed by atoms with Gasteiger partial charge in [0.05, 0.1) is 0 Å². The van der Waals surface area contributed by atoms with Gasteiger partial charge in [-0.15, -0.1) is 0 Å². The molecule has 5 rings (SSSR count). The van der Waals surface area contributed by atoms with Crippen LogP contribution in [0, 0.1) is 13.8 Å². The van der Waals surface area contributed by atoms with Crippen LogP contribution in [0.25, 0.3) is 43.8 Å². The van der Waals surface area contributed by atoms with Crippen molar-refractivity contribution >= 4 is 21.5 Å². The van der Waals surface area contributed by atoms with E-state index in [1.807, 2.05) is 24.3 Å². The molecule has 2 heteroatoms. The Hall–Kier alpha value is -4.04. The number of hydrogen-bond acceptors (Lipinski definition) is 2. The highest BCUT2D eigenvalue weighted by Crippen LogP contribution is 2.31. The molecule has 0 radical (unpaired) electrons. The Morgan fingerprint density at radius 3 is 0.938 bits per heavy atom. The van der Waals surface area contributed by atoms with Gasteiger partial charge in [-0.2, -0.15) is 0 Å². The van der Waals surface area contributed by atoms with Gasteiger partial charge >= 0.3 is 0 Å². The zero-order valence-electron chi connectivity index (χ0n) is 18.1. The maximum absolute atomic E-state index is 9.65.